The van der Waals surface area contributed by atoms with E-state index in [9.17, 15) is 0 Å². The Labute approximate surface area is 212 Å². The van der Waals surface area contributed by atoms with E-state index in [1.54, 1.807) is 7.11 Å². The molecule has 0 saturated heterocycles. The minimum atomic E-state index is 0.227. The fourth-order valence-electron chi connectivity index (χ4n) is 4.86. The van der Waals surface area contributed by atoms with E-state index in [1.165, 1.54) is 22.3 Å². The van der Waals surface area contributed by atoms with Crippen LogP contribution in [0.1, 0.15) is 33.9 Å². The van der Waals surface area contributed by atoms with Crippen LogP contribution in [0.2, 0.25) is 5.02 Å². The van der Waals surface area contributed by atoms with Crippen molar-refractivity contribution in [2.24, 2.45) is 0 Å². The summed E-state index contributed by atoms with van der Waals surface area (Å²) in [4.78, 5) is 2.58. The van der Waals surface area contributed by atoms with E-state index < -0.39 is 0 Å². The number of halogens is 1. The van der Waals surface area contributed by atoms with Crippen molar-refractivity contribution in [3.8, 4) is 11.5 Å². The lowest BCUT2D eigenvalue weighted by Crippen LogP contribution is -2.36. The zero-order chi connectivity index (χ0) is 24.0. The van der Waals surface area contributed by atoms with Crippen LogP contribution in [0, 0.1) is 0 Å². The minimum Gasteiger partial charge on any atom is -0.493 e. The van der Waals surface area contributed by atoms with Gasteiger partial charge in [0.15, 0.2) is 11.5 Å². The molecule has 4 aromatic rings. The van der Waals surface area contributed by atoms with Crippen LogP contribution in [0.4, 0.5) is 0 Å². The molecule has 0 amide bonds. The largest absolute Gasteiger partial charge is 0.493 e. The van der Waals surface area contributed by atoms with E-state index in [0.29, 0.717) is 6.61 Å². The van der Waals surface area contributed by atoms with E-state index >= 15 is 0 Å². The van der Waals surface area contributed by atoms with Crippen molar-refractivity contribution in [2.45, 2.75) is 32.0 Å². The summed E-state index contributed by atoms with van der Waals surface area (Å²) in [5.74, 6) is 1.58. The summed E-state index contributed by atoms with van der Waals surface area (Å²) in [5.41, 5.74) is 6.37. The normalized spacial score (nSPS) is 15.4. The number of rotatable bonds is 8. The fraction of sp³-hybridized carbons (Fsp3) is 0.226. The highest BCUT2D eigenvalue weighted by atomic mass is 35.5. The summed E-state index contributed by atoms with van der Waals surface area (Å²) in [6.07, 6.45) is 1.88. The predicted molar refractivity (Wildman–Crippen MR) is 142 cm³/mol. The molecule has 4 heteroatoms. The molecule has 4 aromatic carbocycles. The van der Waals surface area contributed by atoms with Gasteiger partial charge < -0.3 is 9.47 Å². The highest BCUT2D eigenvalue weighted by molar-refractivity contribution is 6.30. The minimum absolute atomic E-state index is 0.227. The second-order valence-corrected chi connectivity index (χ2v) is 9.47. The Kier molecular flexibility index (Phi) is 7.37. The summed E-state index contributed by atoms with van der Waals surface area (Å²) >= 11 is 6.17. The molecule has 5 rings (SSSR count). The molecule has 3 nitrogen and oxygen atoms in total. The molecular formula is C31H30ClNO2. The quantitative estimate of drug-likeness (QED) is 0.263. The number of fused-ring (bicyclic) bond motifs is 1. The average molecular weight is 484 g/mol. The van der Waals surface area contributed by atoms with Gasteiger partial charge in [0, 0.05) is 24.2 Å². The van der Waals surface area contributed by atoms with Gasteiger partial charge in [-0.3, -0.25) is 4.90 Å². The smallest absolute Gasteiger partial charge is 0.162 e. The molecule has 1 unspecified atom stereocenters. The predicted octanol–water partition coefficient (Wildman–Crippen LogP) is 7.27. The van der Waals surface area contributed by atoms with Crippen LogP contribution < -0.4 is 9.47 Å². The Morgan fingerprint density at radius 3 is 2.17 bits per heavy atom. The van der Waals surface area contributed by atoms with E-state index in [0.717, 1.165) is 48.0 Å². The molecule has 178 valence electrons. The third kappa shape index (κ3) is 5.70. The van der Waals surface area contributed by atoms with Crippen molar-refractivity contribution in [3.05, 3.63) is 130 Å². The van der Waals surface area contributed by atoms with Crippen LogP contribution in [-0.2, 0) is 26.0 Å². The third-order valence-electron chi connectivity index (χ3n) is 6.70. The van der Waals surface area contributed by atoms with Crippen LogP contribution in [0.5, 0.6) is 11.5 Å². The van der Waals surface area contributed by atoms with Gasteiger partial charge in [-0.25, -0.2) is 0 Å². The molecular weight excluding hydrogens is 454 g/mol. The molecule has 1 heterocycles. The van der Waals surface area contributed by atoms with Gasteiger partial charge in [0.2, 0.25) is 0 Å². The maximum absolute atomic E-state index is 6.29. The van der Waals surface area contributed by atoms with Gasteiger partial charge in [-0.05, 0) is 64.9 Å². The Morgan fingerprint density at radius 2 is 1.49 bits per heavy atom. The van der Waals surface area contributed by atoms with Crippen molar-refractivity contribution >= 4 is 11.6 Å². The molecule has 0 aromatic heterocycles. The second kappa shape index (κ2) is 11.0. The Morgan fingerprint density at radius 1 is 0.800 bits per heavy atom. The van der Waals surface area contributed by atoms with Crippen LogP contribution >= 0.6 is 11.6 Å². The molecule has 0 N–H and O–H groups in total. The molecule has 0 radical (unpaired) electrons. The standard InChI is InChI=1S/C31H30ClNO2/c1-34-30-19-26-16-17-33(21-24-8-4-2-5-9-24)29(18-23-12-14-27(32)15-13-23)28(26)20-31(30)35-22-25-10-6-3-7-11-25/h2-15,19-20,29H,16-18,21-22H2,1H3. The van der Waals surface area contributed by atoms with Gasteiger partial charge in [-0.1, -0.05) is 84.4 Å². The summed E-state index contributed by atoms with van der Waals surface area (Å²) in [7, 11) is 1.72. The first kappa shape index (κ1) is 23.5. The van der Waals surface area contributed by atoms with E-state index in [4.69, 9.17) is 21.1 Å². The van der Waals surface area contributed by atoms with E-state index in [2.05, 4.69) is 71.6 Å². The van der Waals surface area contributed by atoms with E-state index in [1.807, 2.05) is 30.3 Å². The first-order valence-corrected chi connectivity index (χ1v) is 12.5. The lowest BCUT2D eigenvalue weighted by molar-refractivity contribution is 0.173. The summed E-state index contributed by atoms with van der Waals surface area (Å²) in [6.45, 7) is 2.41. The SMILES string of the molecule is COc1cc2c(cc1OCc1ccccc1)C(Cc1ccc(Cl)cc1)N(Cc1ccccc1)CC2. The summed E-state index contributed by atoms with van der Waals surface area (Å²) in [5, 5.41) is 0.764. The number of hydrogen-bond acceptors (Lipinski definition) is 3. The number of benzene rings is 4. The number of methoxy groups -OCH3 is 1. The van der Waals surface area contributed by atoms with Crippen molar-refractivity contribution in [1.82, 2.24) is 4.90 Å². The van der Waals surface area contributed by atoms with Gasteiger partial charge >= 0.3 is 0 Å². The van der Waals surface area contributed by atoms with Crippen LogP contribution in [0.15, 0.2) is 97.1 Å². The zero-order valence-corrected chi connectivity index (χ0v) is 20.7. The van der Waals surface area contributed by atoms with Gasteiger partial charge in [0.25, 0.3) is 0 Å². The van der Waals surface area contributed by atoms with Crippen LogP contribution in [0.25, 0.3) is 0 Å². The van der Waals surface area contributed by atoms with Crippen LogP contribution in [0.3, 0.4) is 0 Å². The van der Waals surface area contributed by atoms with Crippen LogP contribution in [-0.4, -0.2) is 18.6 Å². The van der Waals surface area contributed by atoms with E-state index in [-0.39, 0.29) is 6.04 Å². The second-order valence-electron chi connectivity index (χ2n) is 9.03. The maximum Gasteiger partial charge on any atom is 0.162 e. The molecule has 0 aliphatic carbocycles. The monoisotopic (exact) mass is 483 g/mol. The molecule has 35 heavy (non-hydrogen) atoms. The summed E-state index contributed by atoms with van der Waals surface area (Å²) in [6, 6.07) is 33.8. The van der Waals surface area contributed by atoms with Gasteiger partial charge in [-0.15, -0.1) is 0 Å². The third-order valence-corrected chi connectivity index (χ3v) is 6.95. The lowest BCUT2D eigenvalue weighted by Gasteiger charge is -2.38. The zero-order valence-electron chi connectivity index (χ0n) is 20.0. The topological polar surface area (TPSA) is 21.7 Å². The highest BCUT2D eigenvalue weighted by Crippen LogP contribution is 2.40. The Balaban J connectivity index is 1.48. The van der Waals surface area contributed by atoms with Crippen molar-refractivity contribution in [1.29, 1.82) is 0 Å². The number of hydrogen-bond donors (Lipinski definition) is 0. The Bertz CT molecular complexity index is 1240. The molecule has 0 fully saturated rings. The van der Waals surface area contributed by atoms with Gasteiger partial charge in [-0.2, -0.15) is 0 Å². The van der Waals surface area contributed by atoms with Crippen molar-refractivity contribution < 1.29 is 9.47 Å². The fourth-order valence-corrected chi connectivity index (χ4v) is 4.98. The summed E-state index contributed by atoms with van der Waals surface area (Å²) < 4.78 is 12.0. The Hall–Kier alpha value is -3.27. The lowest BCUT2D eigenvalue weighted by atomic mass is 9.87. The number of nitrogens with zero attached hydrogens (tertiary/aromatic N) is 1. The molecule has 1 atom stereocenters. The highest BCUT2D eigenvalue weighted by Gasteiger charge is 2.29. The first-order chi connectivity index (χ1) is 17.2. The molecule has 0 saturated carbocycles. The van der Waals surface area contributed by atoms with Crippen molar-refractivity contribution in [2.75, 3.05) is 13.7 Å². The van der Waals surface area contributed by atoms with Gasteiger partial charge in [0.1, 0.15) is 6.61 Å². The molecule has 0 bridgehead atoms. The average Bonchev–Trinajstić information content (AvgIpc) is 2.90. The van der Waals surface area contributed by atoms with Crippen molar-refractivity contribution in [3.63, 3.8) is 0 Å². The van der Waals surface area contributed by atoms with Gasteiger partial charge in [0.05, 0.1) is 7.11 Å². The maximum atomic E-state index is 6.29. The molecule has 1 aliphatic rings. The first-order valence-electron chi connectivity index (χ1n) is 12.1. The molecule has 0 spiro atoms. The molecule has 1 aliphatic heterocycles. The number of ether oxygens (including phenoxy) is 2.